The standard InChI is InChI=1S/C21H15F3N4O3S/c22-21(23,24)16-4-8-19(26-12-16)32(30,31)17-5-1-14(2-6-17)3-7-18(29)15-11-27-20-25-9-10-28(20)13-15/h1-2,4-6,8-13H,3,7H2. The number of nitrogens with zero attached hydrogens (tertiary/aromatic N) is 4. The van der Waals surface area contributed by atoms with Gasteiger partial charge in [0.05, 0.1) is 16.0 Å². The van der Waals surface area contributed by atoms with Crippen molar-refractivity contribution in [2.45, 2.75) is 28.9 Å². The molecule has 32 heavy (non-hydrogen) atoms. The molecule has 0 spiro atoms. The highest BCUT2D eigenvalue weighted by atomic mass is 32.2. The number of carbonyl (C=O) groups excluding carboxylic acids is 1. The van der Waals surface area contributed by atoms with Crippen LogP contribution < -0.4 is 0 Å². The molecule has 0 aliphatic carbocycles. The van der Waals surface area contributed by atoms with Crippen LogP contribution >= 0.6 is 0 Å². The lowest BCUT2D eigenvalue weighted by molar-refractivity contribution is -0.137. The summed E-state index contributed by atoms with van der Waals surface area (Å²) in [7, 11) is -4.07. The van der Waals surface area contributed by atoms with Crippen molar-refractivity contribution in [2.24, 2.45) is 0 Å². The van der Waals surface area contributed by atoms with Crippen LogP contribution in [0.2, 0.25) is 0 Å². The highest BCUT2D eigenvalue weighted by molar-refractivity contribution is 7.91. The lowest BCUT2D eigenvalue weighted by atomic mass is 10.0. The highest BCUT2D eigenvalue weighted by Crippen LogP contribution is 2.29. The Bertz CT molecular complexity index is 1380. The number of pyridine rings is 1. The zero-order valence-electron chi connectivity index (χ0n) is 16.3. The van der Waals surface area contributed by atoms with Gasteiger partial charge in [0.25, 0.3) is 0 Å². The minimum absolute atomic E-state index is 0.102. The van der Waals surface area contributed by atoms with Crippen molar-refractivity contribution in [1.29, 1.82) is 0 Å². The molecule has 4 aromatic rings. The van der Waals surface area contributed by atoms with Crippen LogP contribution in [0.1, 0.15) is 27.9 Å². The number of imidazole rings is 1. The summed E-state index contributed by atoms with van der Waals surface area (Å²) in [4.78, 5) is 23.9. The van der Waals surface area contributed by atoms with Crippen LogP contribution in [0.4, 0.5) is 13.2 Å². The van der Waals surface area contributed by atoms with Crippen LogP contribution in [0, 0.1) is 0 Å². The van der Waals surface area contributed by atoms with Gasteiger partial charge >= 0.3 is 6.18 Å². The van der Waals surface area contributed by atoms with E-state index in [-0.39, 0.29) is 17.1 Å². The van der Waals surface area contributed by atoms with Crippen LogP contribution in [0.15, 0.2) is 77.3 Å². The maximum Gasteiger partial charge on any atom is 0.417 e. The largest absolute Gasteiger partial charge is 0.417 e. The van der Waals surface area contributed by atoms with Crippen molar-refractivity contribution in [2.75, 3.05) is 0 Å². The number of benzene rings is 1. The average Bonchev–Trinajstić information content (AvgIpc) is 3.25. The number of Topliss-reactive ketones (excluding diaryl/α,β-unsaturated/α-hetero) is 1. The first-order valence-corrected chi connectivity index (χ1v) is 10.8. The molecule has 0 aliphatic heterocycles. The second kappa shape index (κ2) is 8.15. The molecule has 3 aromatic heterocycles. The number of fused-ring (bicyclic) bond motifs is 1. The third kappa shape index (κ3) is 4.37. The molecule has 0 saturated heterocycles. The normalized spacial score (nSPS) is 12.2. The van der Waals surface area contributed by atoms with E-state index in [9.17, 15) is 26.4 Å². The van der Waals surface area contributed by atoms with Crippen LogP contribution in [0.25, 0.3) is 5.78 Å². The van der Waals surface area contributed by atoms with Gasteiger partial charge in [0.15, 0.2) is 10.8 Å². The van der Waals surface area contributed by atoms with Gasteiger partial charge in [0.2, 0.25) is 15.6 Å². The summed E-state index contributed by atoms with van der Waals surface area (Å²) in [6.07, 6.45) is 2.81. The third-order valence-electron chi connectivity index (χ3n) is 4.78. The summed E-state index contributed by atoms with van der Waals surface area (Å²) in [5.74, 6) is 0.361. The Kier molecular flexibility index (Phi) is 5.51. The number of sulfone groups is 1. The molecule has 0 saturated carbocycles. The smallest absolute Gasteiger partial charge is 0.294 e. The zero-order chi connectivity index (χ0) is 22.9. The number of aromatic nitrogens is 4. The number of alkyl halides is 3. The summed E-state index contributed by atoms with van der Waals surface area (Å²) in [5, 5.41) is -0.476. The fourth-order valence-electron chi connectivity index (χ4n) is 3.03. The second-order valence-electron chi connectivity index (χ2n) is 6.93. The molecule has 0 atom stereocenters. The van der Waals surface area contributed by atoms with Crippen molar-refractivity contribution >= 4 is 21.4 Å². The van der Waals surface area contributed by atoms with Crippen LogP contribution in [0.3, 0.4) is 0 Å². The fourth-order valence-corrected chi connectivity index (χ4v) is 4.20. The number of rotatable bonds is 6. The topological polar surface area (TPSA) is 94.3 Å². The monoisotopic (exact) mass is 460 g/mol. The Labute approximate surface area is 180 Å². The molecule has 3 heterocycles. The summed E-state index contributed by atoms with van der Waals surface area (Å²) < 4.78 is 64.9. The van der Waals surface area contributed by atoms with E-state index < -0.39 is 26.6 Å². The number of aryl methyl sites for hydroxylation is 1. The van der Waals surface area contributed by atoms with Gasteiger partial charge in [0, 0.05) is 37.4 Å². The van der Waals surface area contributed by atoms with Crippen LogP contribution in [0.5, 0.6) is 0 Å². The Balaban J connectivity index is 1.44. The van der Waals surface area contributed by atoms with E-state index in [0.717, 1.165) is 11.6 Å². The molecule has 1 aromatic carbocycles. The lowest BCUT2D eigenvalue weighted by Gasteiger charge is -2.08. The van der Waals surface area contributed by atoms with E-state index in [2.05, 4.69) is 15.0 Å². The molecule has 0 amide bonds. The number of carbonyl (C=O) groups is 1. The van der Waals surface area contributed by atoms with E-state index in [4.69, 9.17) is 0 Å². The predicted molar refractivity (Wildman–Crippen MR) is 107 cm³/mol. The van der Waals surface area contributed by atoms with Gasteiger partial charge < -0.3 is 0 Å². The Morgan fingerprint density at radius 1 is 0.969 bits per heavy atom. The van der Waals surface area contributed by atoms with Gasteiger partial charge in [0.1, 0.15) is 0 Å². The second-order valence-corrected chi connectivity index (χ2v) is 8.83. The maximum absolute atomic E-state index is 12.7. The number of ketones is 1. The Morgan fingerprint density at radius 3 is 2.38 bits per heavy atom. The molecule has 4 rings (SSSR count). The number of hydrogen-bond donors (Lipinski definition) is 0. The average molecular weight is 460 g/mol. The minimum Gasteiger partial charge on any atom is -0.294 e. The van der Waals surface area contributed by atoms with Gasteiger partial charge in [-0.25, -0.2) is 23.4 Å². The van der Waals surface area contributed by atoms with Gasteiger partial charge in [-0.1, -0.05) is 12.1 Å². The van der Waals surface area contributed by atoms with Crippen molar-refractivity contribution in [1.82, 2.24) is 19.4 Å². The molecule has 11 heteroatoms. The predicted octanol–water partition coefficient (Wildman–Crippen LogP) is 3.79. The zero-order valence-corrected chi connectivity index (χ0v) is 17.1. The number of halogens is 3. The molecule has 164 valence electrons. The summed E-state index contributed by atoms with van der Waals surface area (Å²) in [6, 6.07) is 7.30. The van der Waals surface area contributed by atoms with Crippen molar-refractivity contribution in [3.05, 3.63) is 84.1 Å². The summed E-state index contributed by atoms with van der Waals surface area (Å²) in [5.41, 5.74) is 0.135. The molecule has 0 aliphatic rings. The van der Waals surface area contributed by atoms with Crippen molar-refractivity contribution in [3.63, 3.8) is 0 Å². The van der Waals surface area contributed by atoms with E-state index in [1.165, 1.54) is 18.3 Å². The highest BCUT2D eigenvalue weighted by Gasteiger charge is 2.31. The lowest BCUT2D eigenvalue weighted by Crippen LogP contribution is -2.09. The quantitative estimate of drug-likeness (QED) is 0.407. The molecular weight excluding hydrogens is 445 g/mol. The maximum atomic E-state index is 12.7. The first-order valence-electron chi connectivity index (χ1n) is 9.34. The van der Waals surface area contributed by atoms with Gasteiger partial charge in [-0.15, -0.1) is 0 Å². The molecule has 0 bridgehead atoms. The summed E-state index contributed by atoms with van der Waals surface area (Å²) in [6.45, 7) is 0. The van der Waals surface area contributed by atoms with Crippen molar-refractivity contribution in [3.8, 4) is 0 Å². The first-order chi connectivity index (χ1) is 15.1. The molecule has 0 fully saturated rings. The third-order valence-corrected chi connectivity index (χ3v) is 6.47. The SMILES string of the molecule is O=C(CCc1ccc(S(=O)(=O)c2ccc(C(F)(F)F)cn2)cc1)c1cnc2nccn2c1. The number of hydrogen-bond acceptors (Lipinski definition) is 6. The molecule has 7 nitrogen and oxygen atoms in total. The Morgan fingerprint density at radius 2 is 1.72 bits per heavy atom. The molecule has 0 unspecified atom stereocenters. The van der Waals surface area contributed by atoms with Gasteiger partial charge in [-0.05, 0) is 36.2 Å². The van der Waals surface area contributed by atoms with Crippen LogP contribution in [-0.4, -0.2) is 33.6 Å². The fraction of sp³-hybridized carbons (Fsp3) is 0.143. The van der Waals surface area contributed by atoms with Gasteiger partial charge in [-0.3, -0.25) is 9.20 Å². The van der Waals surface area contributed by atoms with E-state index >= 15 is 0 Å². The molecule has 0 N–H and O–H groups in total. The van der Waals surface area contributed by atoms with E-state index in [1.54, 1.807) is 35.1 Å². The molecule has 0 radical (unpaired) electrons. The summed E-state index contributed by atoms with van der Waals surface area (Å²) >= 11 is 0. The van der Waals surface area contributed by atoms with Gasteiger partial charge in [-0.2, -0.15) is 13.2 Å². The Hall–Kier alpha value is -3.60. The van der Waals surface area contributed by atoms with Crippen molar-refractivity contribution < 1.29 is 26.4 Å². The molecular formula is C21H15F3N4O3S. The minimum atomic E-state index is -4.60. The van der Waals surface area contributed by atoms with Crippen LogP contribution in [-0.2, 0) is 22.4 Å². The first kappa shape index (κ1) is 21.6. The van der Waals surface area contributed by atoms with E-state index in [0.29, 0.717) is 30.0 Å². The van der Waals surface area contributed by atoms with E-state index in [1.807, 2.05) is 0 Å².